The van der Waals surface area contributed by atoms with Gasteiger partial charge in [0.2, 0.25) is 5.91 Å². The van der Waals surface area contributed by atoms with Crippen molar-refractivity contribution in [3.05, 3.63) is 53.3 Å². The molecule has 2 aliphatic heterocycles. The van der Waals surface area contributed by atoms with Crippen LogP contribution in [0.5, 0.6) is 11.8 Å². The summed E-state index contributed by atoms with van der Waals surface area (Å²) in [5.74, 6) is -3.07. The van der Waals surface area contributed by atoms with Gasteiger partial charge in [-0.3, -0.25) is 9.69 Å². The number of halogens is 4. The number of phenols is 1. The average molecular weight is 586 g/mol. The van der Waals surface area contributed by atoms with E-state index in [1.54, 1.807) is 21.9 Å². The second kappa shape index (κ2) is 10.5. The predicted molar refractivity (Wildman–Crippen MR) is 150 cm³/mol. The van der Waals surface area contributed by atoms with Gasteiger partial charge < -0.3 is 19.6 Å². The molecule has 0 saturated carbocycles. The first kappa shape index (κ1) is 27.3. The second-order valence-corrected chi connectivity index (χ2v) is 10.8. The minimum absolute atomic E-state index is 0.0266. The van der Waals surface area contributed by atoms with E-state index in [0.29, 0.717) is 53.7 Å². The largest absolute Gasteiger partial charge is 0.508 e. The number of ether oxygens (including phenoxy) is 1. The molecule has 0 unspecified atom stereocenters. The number of carbonyl (C=O) groups is 1. The van der Waals surface area contributed by atoms with Crippen molar-refractivity contribution in [1.29, 1.82) is 0 Å². The molecular formula is C29H27ClF3N5O3. The highest BCUT2D eigenvalue weighted by Crippen LogP contribution is 2.42. The SMILES string of the molecule is CC(=O)N1CCN(c2nc(OCCN3CC(F)(F)C3)nc3c(F)c(-c4cc(O)cc5ccccc45)c(Cl)cc23)CC1. The molecule has 3 heterocycles. The third-order valence-electron chi connectivity index (χ3n) is 7.53. The van der Waals surface area contributed by atoms with Gasteiger partial charge in [0.1, 0.15) is 23.7 Å². The van der Waals surface area contributed by atoms with Crippen molar-refractivity contribution in [2.75, 3.05) is 57.3 Å². The highest BCUT2D eigenvalue weighted by Gasteiger charge is 2.43. The number of piperazine rings is 1. The number of fused-ring (bicyclic) bond motifs is 2. The van der Waals surface area contributed by atoms with E-state index in [1.807, 2.05) is 29.2 Å². The van der Waals surface area contributed by atoms with Crippen LogP contribution in [0.3, 0.4) is 0 Å². The third-order valence-corrected chi connectivity index (χ3v) is 7.83. The summed E-state index contributed by atoms with van der Waals surface area (Å²) >= 11 is 6.73. The molecule has 0 radical (unpaired) electrons. The molecule has 0 bridgehead atoms. The molecule has 214 valence electrons. The van der Waals surface area contributed by atoms with Crippen LogP contribution in [0.4, 0.5) is 19.0 Å². The number of nitrogens with zero attached hydrogens (tertiary/aromatic N) is 5. The predicted octanol–water partition coefficient (Wildman–Crippen LogP) is 4.95. The Morgan fingerprint density at radius 2 is 1.80 bits per heavy atom. The van der Waals surface area contributed by atoms with Crippen LogP contribution in [0.25, 0.3) is 32.8 Å². The zero-order valence-electron chi connectivity index (χ0n) is 22.2. The summed E-state index contributed by atoms with van der Waals surface area (Å²) in [6.45, 7) is 2.94. The van der Waals surface area contributed by atoms with Gasteiger partial charge in [0.15, 0.2) is 5.82 Å². The van der Waals surface area contributed by atoms with Crippen molar-refractivity contribution in [3.8, 4) is 22.9 Å². The van der Waals surface area contributed by atoms with Gasteiger partial charge in [-0.25, -0.2) is 13.2 Å². The molecule has 6 rings (SSSR count). The molecule has 0 aliphatic carbocycles. The van der Waals surface area contributed by atoms with Gasteiger partial charge in [-0.15, -0.1) is 0 Å². The highest BCUT2D eigenvalue weighted by atomic mass is 35.5. The van der Waals surface area contributed by atoms with E-state index in [0.717, 1.165) is 0 Å². The number of likely N-dealkylation sites (tertiary alicyclic amines) is 1. The van der Waals surface area contributed by atoms with E-state index < -0.39 is 11.7 Å². The van der Waals surface area contributed by atoms with Crippen LogP contribution in [-0.2, 0) is 4.79 Å². The number of aromatic nitrogens is 2. The molecule has 1 amide bonds. The number of hydrogen-bond acceptors (Lipinski definition) is 7. The molecule has 1 aromatic heterocycles. The smallest absolute Gasteiger partial charge is 0.319 e. The first-order valence-electron chi connectivity index (χ1n) is 13.2. The molecular weight excluding hydrogens is 559 g/mol. The lowest BCUT2D eigenvalue weighted by Gasteiger charge is -2.38. The first-order chi connectivity index (χ1) is 19.6. The average Bonchev–Trinajstić information content (AvgIpc) is 2.92. The molecule has 41 heavy (non-hydrogen) atoms. The van der Waals surface area contributed by atoms with Gasteiger partial charge in [-0.2, -0.15) is 9.97 Å². The summed E-state index contributed by atoms with van der Waals surface area (Å²) in [5.41, 5.74) is 0.453. The van der Waals surface area contributed by atoms with Crippen molar-refractivity contribution >= 4 is 45.0 Å². The van der Waals surface area contributed by atoms with Crippen LogP contribution in [0.15, 0.2) is 42.5 Å². The van der Waals surface area contributed by atoms with E-state index in [9.17, 15) is 18.7 Å². The number of benzene rings is 3. The van der Waals surface area contributed by atoms with Crippen molar-refractivity contribution in [3.63, 3.8) is 0 Å². The monoisotopic (exact) mass is 585 g/mol. The Hall–Kier alpha value is -3.83. The summed E-state index contributed by atoms with van der Waals surface area (Å²) in [5, 5.41) is 12.3. The number of carbonyl (C=O) groups excluding carboxylic acids is 1. The minimum atomic E-state index is -2.69. The molecule has 1 N–H and O–H groups in total. The molecule has 2 aliphatic rings. The molecule has 2 saturated heterocycles. The summed E-state index contributed by atoms with van der Waals surface area (Å²) in [4.78, 5) is 26.0. The maximum Gasteiger partial charge on any atom is 0.319 e. The fourth-order valence-electron chi connectivity index (χ4n) is 5.48. The minimum Gasteiger partial charge on any atom is -0.508 e. The summed E-state index contributed by atoms with van der Waals surface area (Å²) < 4.78 is 48.7. The molecule has 8 nitrogen and oxygen atoms in total. The van der Waals surface area contributed by atoms with Crippen LogP contribution >= 0.6 is 11.6 Å². The van der Waals surface area contributed by atoms with Gasteiger partial charge in [0.05, 0.1) is 18.1 Å². The van der Waals surface area contributed by atoms with Crippen LogP contribution < -0.4 is 9.64 Å². The first-order valence-corrected chi connectivity index (χ1v) is 13.6. The Labute approximate surface area is 238 Å². The Kier molecular flexibility index (Phi) is 7.03. The maximum atomic E-state index is 16.5. The normalized spacial score (nSPS) is 17.2. The van der Waals surface area contributed by atoms with E-state index in [-0.39, 0.29) is 60.0 Å². The summed E-state index contributed by atoms with van der Waals surface area (Å²) in [6.07, 6.45) is 0. The number of aromatic hydroxyl groups is 1. The number of phenolic OH excluding ortho intramolecular Hbond substituents is 1. The molecule has 12 heteroatoms. The zero-order valence-corrected chi connectivity index (χ0v) is 23.0. The topological polar surface area (TPSA) is 82.0 Å². The lowest BCUT2D eigenvalue weighted by Crippen LogP contribution is -2.57. The molecule has 0 spiro atoms. The molecule has 0 atom stereocenters. The Morgan fingerprint density at radius 3 is 2.51 bits per heavy atom. The molecule has 2 fully saturated rings. The number of hydrogen-bond donors (Lipinski definition) is 1. The third kappa shape index (κ3) is 5.31. The number of anilines is 1. The lowest BCUT2D eigenvalue weighted by atomic mass is 9.96. The van der Waals surface area contributed by atoms with Crippen molar-refractivity contribution in [2.45, 2.75) is 12.8 Å². The van der Waals surface area contributed by atoms with Crippen LogP contribution in [-0.4, -0.2) is 89.1 Å². The van der Waals surface area contributed by atoms with Crippen molar-refractivity contribution in [1.82, 2.24) is 19.8 Å². The van der Waals surface area contributed by atoms with Gasteiger partial charge in [0.25, 0.3) is 5.92 Å². The standard InChI is InChI=1S/C29H27ClF3N5O3/c1-17(39)37-6-8-38(9-7-37)27-22-14-23(30)24(21-13-19(40)12-18-4-2-3-5-20(18)21)25(31)26(22)34-28(35-27)41-11-10-36-15-29(32,33)16-36/h2-5,12-14,40H,6-11,15-16H2,1H3. The van der Waals surface area contributed by atoms with E-state index in [2.05, 4.69) is 9.97 Å². The van der Waals surface area contributed by atoms with Crippen molar-refractivity contribution in [2.24, 2.45) is 0 Å². The van der Waals surface area contributed by atoms with Gasteiger partial charge in [-0.1, -0.05) is 35.9 Å². The Bertz CT molecular complexity index is 1650. The fourth-order valence-corrected chi connectivity index (χ4v) is 5.77. The van der Waals surface area contributed by atoms with Gasteiger partial charge >= 0.3 is 6.01 Å². The van der Waals surface area contributed by atoms with Gasteiger partial charge in [0, 0.05) is 50.6 Å². The number of alkyl halides is 2. The van der Waals surface area contributed by atoms with Crippen LogP contribution in [0.1, 0.15) is 6.92 Å². The fraction of sp³-hybridized carbons (Fsp3) is 0.345. The highest BCUT2D eigenvalue weighted by molar-refractivity contribution is 6.35. The summed E-state index contributed by atoms with van der Waals surface area (Å²) in [7, 11) is 0. The van der Waals surface area contributed by atoms with E-state index >= 15 is 4.39 Å². The zero-order chi connectivity index (χ0) is 28.9. The maximum absolute atomic E-state index is 16.5. The molecule has 4 aromatic rings. The second-order valence-electron chi connectivity index (χ2n) is 10.4. The Morgan fingerprint density at radius 1 is 1.07 bits per heavy atom. The molecule has 3 aromatic carbocycles. The van der Waals surface area contributed by atoms with Crippen LogP contribution in [0, 0.1) is 5.82 Å². The lowest BCUT2D eigenvalue weighted by molar-refractivity contribution is -0.132. The quantitative estimate of drug-likeness (QED) is 0.343. The summed E-state index contributed by atoms with van der Waals surface area (Å²) in [6, 6.07) is 11.8. The van der Waals surface area contributed by atoms with Gasteiger partial charge in [-0.05, 0) is 34.5 Å². The van der Waals surface area contributed by atoms with Crippen LogP contribution in [0.2, 0.25) is 5.02 Å². The van der Waals surface area contributed by atoms with E-state index in [4.69, 9.17) is 16.3 Å². The number of amides is 1. The van der Waals surface area contributed by atoms with E-state index in [1.165, 1.54) is 13.0 Å². The van der Waals surface area contributed by atoms with Crippen molar-refractivity contribution < 1.29 is 27.8 Å². The number of rotatable bonds is 6. The Balaban J connectivity index is 1.43.